The summed E-state index contributed by atoms with van der Waals surface area (Å²) in [5.74, 6) is 0.933. The second-order valence-electron chi connectivity index (χ2n) is 5.78. The summed E-state index contributed by atoms with van der Waals surface area (Å²) in [4.78, 5) is 2.20. The number of unbranched alkanes of at least 4 members (excludes halogenated alkanes) is 1. The van der Waals surface area contributed by atoms with Gasteiger partial charge in [-0.25, -0.2) is 0 Å². The standard InChI is InChI=1S/C20H24ClNO/c1-22(2)15-5-6-16-23-20-8-4-3-7-18(20)12-9-17-10-13-19(21)14-11-17/h3-4,7-14H,5-6,15-16H2,1-2H3/b12-9+. The van der Waals surface area contributed by atoms with E-state index in [0.29, 0.717) is 0 Å². The molecule has 2 aromatic carbocycles. The van der Waals surface area contributed by atoms with Crippen molar-refractivity contribution in [1.29, 1.82) is 0 Å². The fraction of sp³-hybridized carbons (Fsp3) is 0.300. The van der Waals surface area contributed by atoms with Crippen molar-refractivity contribution in [3.8, 4) is 5.75 Å². The lowest BCUT2D eigenvalue weighted by molar-refractivity contribution is 0.292. The molecule has 122 valence electrons. The number of halogens is 1. The van der Waals surface area contributed by atoms with Crippen molar-refractivity contribution < 1.29 is 4.74 Å². The lowest BCUT2D eigenvalue weighted by Crippen LogP contribution is -2.13. The van der Waals surface area contributed by atoms with Crippen molar-refractivity contribution in [2.45, 2.75) is 12.8 Å². The van der Waals surface area contributed by atoms with Crippen LogP contribution in [0.1, 0.15) is 24.0 Å². The largest absolute Gasteiger partial charge is 0.493 e. The van der Waals surface area contributed by atoms with Crippen molar-refractivity contribution in [2.75, 3.05) is 27.2 Å². The first-order valence-corrected chi connectivity index (χ1v) is 8.33. The first-order chi connectivity index (χ1) is 11.1. The van der Waals surface area contributed by atoms with Gasteiger partial charge in [-0.1, -0.05) is 54.1 Å². The maximum absolute atomic E-state index is 5.94. The van der Waals surface area contributed by atoms with Crippen LogP contribution in [0.4, 0.5) is 0 Å². The molecule has 0 radical (unpaired) electrons. The highest BCUT2D eigenvalue weighted by Crippen LogP contribution is 2.21. The fourth-order valence-electron chi connectivity index (χ4n) is 2.22. The Labute approximate surface area is 144 Å². The van der Waals surface area contributed by atoms with Gasteiger partial charge in [0.15, 0.2) is 0 Å². The molecule has 23 heavy (non-hydrogen) atoms. The minimum Gasteiger partial charge on any atom is -0.493 e. The second-order valence-corrected chi connectivity index (χ2v) is 6.22. The average Bonchev–Trinajstić information content (AvgIpc) is 2.55. The van der Waals surface area contributed by atoms with Gasteiger partial charge in [0.25, 0.3) is 0 Å². The van der Waals surface area contributed by atoms with Gasteiger partial charge in [-0.3, -0.25) is 0 Å². The molecule has 0 aliphatic heterocycles. The van der Waals surface area contributed by atoms with E-state index >= 15 is 0 Å². The lowest BCUT2D eigenvalue weighted by atomic mass is 10.1. The summed E-state index contributed by atoms with van der Waals surface area (Å²) < 4.78 is 5.94. The highest BCUT2D eigenvalue weighted by Gasteiger charge is 2.00. The smallest absolute Gasteiger partial charge is 0.126 e. The molecule has 0 amide bonds. The molecule has 0 heterocycles. The van der Waals surface area contributed by atoms with Crippen LogP contribution in [0.25, 0.3) is 12.2 Å². The Morgan fingerprint density at radius 2 is 1.70 bits per heavy atom. The van der Waals surface area contributed by atoms with Gasteiger partial charge < -0.3 is 9.64 Å². The summed E-state index contributed by atoms with van der Waals surface area (Å²) >= 11 is 5.91. The predicted octanol–water partition coefficient (Wildman–Crippen LogP) is 5.23. The maximum atomic E-state index is 5.94. The van der Waals surface area contributed by atoms with E-state index in [-0.39, 0.29) is 0 Å². The third kappa shape index (κ3) is 6.47. The van der Waals surface area contributed by atoms with Crippen molar-refractivity contribution in [3.63, 3.8) is 0 Å². The Morgan fingerprint density at radius 1 is 0.957 bits per heavy atom. The highest BCUT2D eigenvalue weighted by atomic mass is 35.5. The molecule has 0 saturated heterocycles. The van der Waals surface area contributed by atoms with Crippen LogP contribution in [0.2, 0.25) is 5.02 Å². The predicted molar refractivity (Wildman–Crippen MR) is 100 cm³/mol. The van der Waals surface area contributed by atoms with Crippen LogP contribution < -0.4 is 4.74 Å². The third-order valence-corrected chi connectivity index (χ3v) is 3.75. The van der Waals surface area contributed by atoms with Crippen LogP contribution in [0.5, 0.6) is 5.75 Å². The van der Waals surface area contributed by atoms with Gasteiger partial charge in [0.2, 0.25) is 0 Å². The molecule has 2 nitrogen and oxygen atoms in total. The first kappa shape index (κ1) is 17.6. The molecule has 3 heteroatoms. The summed E-state index contributed by atoms with van der Waals surface area (Å²) in [7, 11) is 4.19. The van der Waals surface area contributed by atoms with Crippen LogP contribution in [0.3, 0.4) is 0 Å². The zero-order valence-electron chi connectivity index (χ0n) is 13.8. The second kappa shape index (κ2) is 9.39. The summed E-state index contributed by atoms with van der Waals surface area (Å²) in [6, 6.07) is 15.9. The highest BCUT2D eigenvalue weighted by molar-refractivity contribution is 6.30. The molecule has 2 rings (SSSR count). The molecule has 2 aromatic rings. The summed E-state index contributed by atoms with van der Waals surface area (Å²) in [5.41, 5.74) is 2.21. The Bertz CT molecular complexity index is 620. The zero-order chi connectivity index (χ0) is 16.5. The fourth-order valence-corrected chi connectivity index (χ4v) is 2.35. The van der Waals surface area contributed by atoms with E-state index in [1.54, 1.807) is 0 Å². The Kier molecular flexibility index (Phi) is 7.18. The van der Waals surface area contributed by atoms with Crippen LogP contribution >= 0.6 is 11.6 Å². The SMILES string of the molecule is CN(C)CCCCOc1ccccc1/C=C/c1ccc(Cl)cc1. The number of nitrogens with zero attached hydrogens (tertiary/aromatic N) is 1. The van der Waals surface area contributed by atoms with Crippen molar-refractivity contribution in [1.82, 2.24) is 4.90 Å². The van der Waals surface area contributed by atoms with Crippen molar-refractivity contribution >= 4 is 23.8 Å². The Balaban J connectivity index is 1.93. The van der Waals surface area contributed by atoms with Gasteiger partial charge in [0.05, 0.1) is 6.61 Å². The van der Waals surface area contributed by atoms with E-state index in [1.165, 1.54) is 0 Å². The molecule has 0 unspecified atom stereocenters. The van der Waals surface area contributed by atoms with Gasteiger partial charge in [-0.05, 0) is 57.2 Å². The van der Waals surface area contributed by atoms with Crippen molar-refractivity contribution in [2.24, 2.45) is 0 Å². The zero-order valence-corrected chi connectivity index (χ0v) is 14.6. The first-order valence-electron chi connectivity index (χ1n) is 7.95. The van der Waals surface area contributed by atoms with E-state index in [4.69, 9.17) is 16.3 Å². The molecule has 0 atom stereocenters. The van der Waals surface area contributed by atoms with E-state index in [9.17, 15) is 0 Å². The lowest BCUT2D eigenvalue weighted by Gasteiger charge is -2.11. The van der Waals surface area contributed by atoms with Gasteiger partial charge >= 0.3 is 0 Å². The van der Waals surface area contributed by atoms with Crippen LogP contribution in [0.15, 0.2) is 48.5 Å². The molecular weight excluding hydrogens is 306 g/mol. The van der Waals surface area contributed by atoms with Crippen molar-refractivity contribution in [3.05, 3.63) is 64.7 Å². The molecule has 0 saturated carbocycles. The monoisotopic (exact) mass is 329 g/mol. The molecule has 0 aliphatic carbocycles. The molecule has 0 aromatic heterocycles. The van der Waals surface area contributed by atoms with E-state index < -0.39 is 0 Å². The molecule has 0 spiro atoms. The van der Waals surface area contributed by atoms with Gasteiger partial charge in [0.1, 0.15) is 5.75 Å². The number of hydrogen-bond donors (Lipinski definition) is 0. The minimum atomic E-state index is 0.750. The summed E-state index contributed by atoms with van der Waals surface area (Å²) in [6.07, 6.45) is 6.37. The number of hydrogen-bond acceptors (Lipinski definition) is 2. The van der Waals surface area contributed by atoms with Gasteiger partial charge in [0, 0.05) is 10.6 Å². The quantitative estimate of drug-likeness (QED) is 0.485. The van der Waals surface area contributed by atoms with Gasteiger partial charge in [-0.2, -0.15) is 0 Å². The van der Waals surface area contributed by atoms with E-state index in [1.807, 2.05) is 42.5 Å². The summed E-state index contributed by atoms with van der Waals surface area (Å²) in [5, 5.41) is 0.753. The molecule has 0 N–H and O–H groups in total. The molecule has 0 aliphatic rings. The number of rotatable bonds is 8. The third-order valence-electron chi connectivity index (χ3n) is 3.50. The Morgan fingerprint density at radius 3 is 2.43 bits per heavy atom. The van der Waals surface area contributed by atoms with Gasteiger partial charge in [-0.15, -0.1) is 0 Å². The average molecular weight is 330 g/mol. The minimum absolute atomic E-state index is 0.750. The van der Waals surface area contributed by atoms with Crippen LogP contribution in [-0.2, 0) is 0 Å². The summed E-state index contributed by atoms with van der Waals surface area (Å²) in [6.45, 7) is 1.85. The molecule has 0 fully saturated rings. The normalized spacial score (nSPS) is 11.3. The van der Waals surface area contributed by atoms with E-state index in [0.717, 1.165) is 47.9 Å². The Hall–Kier alpha value is -1.77. The maximum Gasteiger partial charge on any atom is 0.126 e. The van der Waals surface area contributed by atoms with Crippen LogP contribution in [0, 0.1) is 0 Å². The number of benzene rings is 2. The number of para-hydroxylation sites is 1. The van der Waals surface area contributed by atoms with Crippen LogP contribution in [-0.4, -0.2) is 32.1 Å². The molecular formula is C20H24ClNO. The van der Waals surface area contributed by atoms with E-state index in [2.05, 4.69) is 37.2 Å². The topological polar surface area (TPSA) is 12.5 Å². The molecule has 0 bridgehead atoms. The number of ether oxygens (including phenoxy) is 1.